The van der Waals surface area contributed by atoms with Gasteiger partial charge in [-0.05, 0) is 56.5 Å². The lowest BCUT2D eigenvalue weighted by molar-refractivity contribution is -0.229. The quantitative estimate of drug-likeness (QED) is 0.734. The largest absolute Gasteiger partial charge is 0.345 e. The number of ether oxygens (including phenoxy) is 2. The second-order valence-electron chi connectivity index (χ2n) is 8.09. The molecular weight excluding hydrogens is 399 g/mol. The summed E-state index contributed by atoms with van der Waals surface area (Å²) in [5.74, 6) is -0.624. The van der Waals surface area contributed by atoms with Crippen LogP contribution in [0.3, 0.4) is 0 Å². The summed E-state index contributed by atoms with van der Waals surface area (Å²) in [4.78, 5) is 17.6. The molecule has 2 aliphatic heterocycles. The van der Waals surface area contributed by atoms with Crippen molar-refractivity contribution < 1.29 is 14.3 Å². The van der Waals surface area contributed by atoms with Gasteiger partial charge in [0.1, 0.15) is 6.04 Å². The molecule has 1 aliphatic carbocycles. The highest BCUT2D eigenvalue weighted by Gasteiger charge is 2.54. The van der Waals surface area contributed by atoms with E-state index in [4.69, 9.17) is 32.7 Å². The molecule has 154 valence electrons. The highest BCUT2D eigenvalue weighted by molar-refractivity contribution is 6.42. The lowest BCUT2D eigenvalue weighted by Crippen LogP contribution is -2.65. The van der Waals surface area contributed by atoms with Gasteiger partial charge in [0.25, 0.3) is 0 Å². The van der Waals surface area contributed by atoms with Crippen molar-refractivity contribution in [2.75, 3.05) is 33.4 Å². The van der Waals surface area contributed by atoms with Gasteiger partial charge in [0.2, 0.25) is 5.91 Å². The predicted molar refractivity (Wildman–Crippen MR) is 110 cm³/mol. The predicted octanol–water partition coefficient (Wildman–Crippen LogP) is 3.75. The summed E-state index contributed by atoms with van der Waals surface area (Å²) >= 11 is 12.1. The maximum absolute atomic E-state index is 13.2. The summed E-state index contributed by atoms with van der Waals surface area (Å²) in [5.41, 5.74) is 0.863. The van der Waals surface area contributed by atoms with Crippen molar-refractivity contribution in [2.45, 2.75) is 56.4 Å². The molecule has 3 aliphatic rings. The molecule has 1 saturated carbocycles. The van der Waals surface area contributed by atoms with E-state index < -0.39 is 5.79 Å². The zero-order valence-corrected chi connectivity index (χ0v) is 17.8. The van der Waals surface area contributed by atoms with Crippen LogP contribution in [0, 0.1) is 0 Å². The molecule has 1 aromatic rings. The van der Waals surface area contributed by atoms with Crippen LogP contribution in [0.5, 0.6) is 0 Å². The first-order chi connectivity index (χ1) is 13.5. The van der Waals surface area contributed by atoms with E-state index in [-0.39, 0.29) is 24.4 Å². The lowest BCUT2D eigenvalue weighted by Gasteiger charge is -2.50. The van der Waals surface area contributed by atoms with Crippen LogP contribution >= 0.6 is 23.2 Å². The number of amides is 1. The summed E-state index contributed by atoms with van der Waals surface area (Å²) < 4.78 is 12.3. The molecule has 7 heteroatoms. The van der Waals surface area contributed by atoms with Gasteiger partial charge in [-0.3, -0.25) is 9.69 Å². The molecule has 1 spiro atoms. The molecule has 0 N–H and O–H groups in total. The Kier molecular flexibility index (Phi) is 6.19. The third kappa shape index (κ3) is 3.92. The SMILES string of the molecule is CN(C(=O)Cc1ccc(Cl)c(Cl)c1)[C@@H]1[C@@H](N2CCCC2)CCCC12OCCO2. The Hall–Kier alpha value is -0.850. The lowest BCUT2D eigenvalue weighted by atomic mass is 9.82. The van der Waals surface area contributed by atoms with Gasteiger partial charge in [-0.25, -0.2) is 0 Å². The van der Waals surface area contributed by atoms with Crippen LogP contribution in [0.1, 0.15) is 37.7 Å². The fourth-order valence-electron chi connectivity index (χ4n) is 5.05. The van der Waals surface area contributed by atoms with Crippen LogP contribution in [0.4, 0.5) is 0 Å². The topological polar surface area (TPSA) is 42.0 Å². The zero-order chi connectivity index (χ0) is 19.7. The van der Waals surface area contributed by atoms with Crippen molar-refractivity contribution in [1.29, 1.82) is 0 Å². The standard InChI is InChI=1S/C21H28Cl2N2O3/c1-24(19(26)14-15-6-7-16(22)17(23)13-15)20-18(25-9-2-3-10-25)5-4-8-21(20)27-11-12-28-21/h6-7,13,18,20H,2-5,8-12,14H2,1H3/t18-,20+/m0/s1. The number of carbonyl (C=O) groups excluding carboxylic acids is 1. The Bertz CT molecular complexity index is 718. The monoisotopic (exact) mass is 426 g/mol. The minimum Gasteiger partial charge on any atom is -0.345 e. The first-order valence-electron chi connectivity index (χ1n) is 10.2. The fraction of sp³-hybridized carbons (Fsp3) is 0.667. The highest BCUT2D eigenvalue weighted by Crippen LogP contribution is 2.41. The molecule has 28 heavy (non-hydrogen) atoms. The molecule has 1 amide bonds. The van der Waals surface area contributed by atoms with Gasteiger partial charge < -0.3 is 14.4 Å². The maximum Gasteiger partial charge on any atom is 0.227 e. The van der Waals surface area contributed by atoms with Gasteiger partial charge in [-0.15, -0.1) is 0 Å². The molecule has 0 aromatic heterocycles. The number of likely N-dealkylation sites (tertiary alicyclic amines) is 1. The second-order valence-corrected chi connectivity index (χ2v) is 8.90. The van der Waals surface area contributed by atoms with Gasteiger partial charge in [-0.2, -0.15) is 0 Å². The average Bonchev–Trinajstić information content (AvgIpc) is 3.37. The first kappa shape index (κ1) is 20.4. The Morgan fingerprint density at radius 3 is 2.57 bits per heavy atom. The number of hydrogen-bond acceptors (Lipinski definition) is 4. The van der Waals surface area contributed by atoms with E-state index >= 15 is 0 Å². The van der Waals surface area contributed by atoms with E-state index in [9.17, 15) is 4.79 Å². The molecule has 2 saturated heterocycles. The number of hydrogen-bond donors (Lipinski definition) is 0. The summed E-state index contributed by atoms with van der Waals surface area (Å²) in [6.45, 7) is 3.37. The van der Waals surface area contributed by atoms with Crippen LogP contribution in [-0.2, 0) is 20.7 Å². The summed E-state index contributed by atoms with van der Waals surface area (Å²) in [7, 11) is 1.89. The Labute approximate surface area is 176 Å². The first-order valence-corrected chi connectivity index (χ1v) is 11.0. The van der Waals surface area contributed by atoms with E-state index in [1.54, 1.807) is 12.1 Å². The van der Waals surface area contributed by atoms with Crippen molar-refractivity contribution in [3.8, 4) is 0 Å². The number of rotatable bonds is 4. The van der Waals surface area contributed by atoms with Crippen molar-refractivity contribution in [3.05, 3.63) is 33.8 Å². The normalized spacial score (nSPS) is 27.4. The summed E-state index contributed by atoms with van der Waals surface area (Å²) in [6, 6.07) is 5.54. The van der Waals surface area contributed by atoms with E-state index in [0.717, 1.165) is 37.9 Å². The number of nitrogens with zero attached hydrogens (tertiary/aromatic N) is 2. The third-order valence-electron chi connectivity index (χ3n) is 6.38. The van der Waals surface area contributed by atoms with E-state index in [2.05, 4.69) is 4.90 Å². The molecule has 5 nitrogen and oxygen atoms in total. The molecular formula is C21H28Cl2N2O3. The molecule has 2 atom stereocenters. The maximum atomic E-state index is 13.2. The number of likely N-dealkylation sites (N-methyl/N-ethyl adjacent to an activating group) is 1. The number of halogens is 2. The average molecular weight is 427 g/mol. The van der Waals surface area contributed by atoms with E-state index in [1.807, 2.05) is 18.0 Å². The minimum atomic E-state index is -0.673. The molecule has 4 rings (SSSR count). The molecule has 0 radical (unpaired) electrons. The van der Waals surface area contributed by atoms with Gasteiger partial charge in [-0.1, -0.05) is 29.3 Å². The van der Waals surface area contributed by atoms with Crippen LogP contribution in [-0.4, -0.2) is 66.9 Å². The van der Waals surface area contributed by atoms with Crippen molar-refractivity contribution in [1.82, 2.24) is 9.80 Å². The van der Waals surface area contributed by atoms with Crippen molar-refractivity contribution in [2.24, 2.45) is 0 Å². The Balaban J connectivity index is 1.57. The van der Waals surface area contributed by atoms with E-state index in [0.29, 0.717) is 23.3 Å². The molecule has 0 unspecified atom stereocenters. The number of carbonyl (C=O) groups is 1. The zero-order valence-electron chi connectivity index (χ0n) is 16.3. The Morgan fingerprint density at radius 2 is 1.89 bits per heavy atom. The highest BCUT2D eigenvalue weighted by atomic mass is 35.5. The van der Waals surface area contributed by atoms with Crippen molar-refractivity contribution in [3.63, 3.8) is 0 Å². The van der Waals surface area contributed by atoms with Gasteiger partial charge >= 0.3 is 0 Å². The number of benzene rings is 1. The van der Waals surface area contributed by atoms with Crippen LogP contribution in [0.2, 0.25) is 10.0 Å². The third-order valence-corrected chi connectivity index (χ3v) is 7.12. The summed E-state index contributed by atoms with van der Waals surface area (Å²) in [6.07, 6.45) is 5.70. The molecule has 2 heterocycles. The fourth-order valence-corrected chi connectivity index (χ4v) is 5.38. The second kappa shape index (κ2) is 8.49. The van der Waals surface area contributed by atoms with E-state index in [1.165, 1.54) is 12.8 Å². The molecule has 3 fully saturated rings. The van der Waals surface area contributed by atoms with Crippen LogP contribution < -0.4 is 0 Å². The van der Waals surface area contributed by atoms with Crippen molar-refractivity contribution >= 4 is 29.1 Å². The Morgan fingerprint density at radius 1 is 1.18 bits per heavy atom. The molecule has 0 bridgehead atoms. The van der Waals surface area contributed by atoms with Gasteiger partial charge in [0.15, 0.2) is 5.79 Å². The minimum absolute atomic E-state index is 0.0490. The van der Waals surface area contributed by atoms with Crippen LogP contribution in [0.25, 0.3) is 0 Å². The van der Waals surface area contributed by atoms with Gasteiger partial charge in [0.05, 0.1) is 29.7 Å². The molecule has 1 aromatic carbocycles. The van der Waals surface area contributed by atoms with Crippen LogP contribution in [0.15, 0.2) is 18.2 Å². The smallest absolute Gasteiger partial charge is 0.227 e. The summed E-state index contributed by atoms with van der Waals surface area (Å²) in [5, 5.41) is 0.973. The van der Waals surface area contributed by atoms with Gasteiger partial charge in [0, 0.05) is 19.5 Å².